The largest absolute Gasteiger partial charge is 0.356 e. The maximum atomic E-state index is 12.8. The van der Waals surface area contributed by atoms with Gasteiger partial charge in [0.1, 0.15) is 5.82 Å². The molecule has 2 N–H and O–H groups in total. The van der Waals surface area contributed by atoms with E-state index in [-0.39, 0.29) is 22.9 Å². The van der Waals surface area contributed by atoms with Gasteiger partial charge in [-0.3, -0.25) is 19.1 Å². The van der Waals surface area contributed by atoms with Crippen LogP contribution in [-0.2, 0) is 11.8 Å². The van der Waals surface area contributed by atoms with Gasteiger partial charge in [-0.2, -0.15) is 0 Å². The number of carbonyl (C=O) groups excluding carboxylic acids is 1. The lowest BCUT2D eigenvalue weighted by Crippen LogP contribution is -2.50. The van der Waals surface area contributed by atoms with Crippen molar-refractivity contribution in [2.75, 3.05) is 18.0 Å². The predicted octanol–water partition coefficient (Wildman–Crippen LogP) is 0.985. The number of rotatable bonds is 5. The molecule has 0 aromatic carbocycles. The number of amides is 1. The molecule has 1 saturated heterocycles. The first-order valence-corrected chi connectivity index (χ1v) is 9.17. The minimum Gasteiger partial charge on any atom is -0.356 e. The van der Waals surface area contributed by atoms with Gasteiger partial charge in [0.2, 0.25) is 5.91 Å². The molecule has 0 bridgehead atoms. The van der Waals surface area contributed by atoms with E-state index < -0.39 is 5.69 Å². The Labute approximate surface area is 147 Å². The van der Waals surface area contributed by atoms with E-state index in [2.05, 4.69) is 24.1 Å². The first-order valence-electron chi connectivity index (χ1n) is 9.17. The second kappa shape index (κ2) is 6.69. The Morgan fingerprint density at radius 3 is 2.68 bits per heavy atom. The Kier molecular flexibility index (Phi) is 4.75. The van der Waals surface area contributed by atoms with Gasteiger partial charge in [-0.1, -0.05) is 20.3 Å². The quantitative estimate of drug-likeness (QED) is 0.831. The topological polar surface area (TPSA) is 87.2 Å². The smallest absolute Gasteiger partial charge is 0.329 e. The SMILES string of the molecule is CC(C)CC1(C(=O)NC2CCN(c3cc(=O)n(C)c(=O)[nH]3)C2)CCC1. The Balaban J connectivity index is 1.64. The molecule has 3 rings (SSSR count). The van der Waals surface area contributed by atoms with Crippen LogP contribution in [0.15, 0.2) is 15.7 Å². The lowest BCUT2D eigenvalue weighted by molar-refractivity contribution is -0.138. The van der Waals surface area contributed by atoms with Crippen LogP contribution in [0.25, 0.3) is 0 Å². The minimum atomic E-state index is -0.416. The highest BCUT2D eigenvalue weighted by atomic mass is 16.2. The van der Waals surface area contributed by atoms with Crippen molar-refractivity contribution >= 4 is 11.7 Å². The third-order valence-corrected chi connectivity index (χ3v) is 5.59. The molecular formula is C18H28N4O3. The van der Waals surface area contributed by atoms with Crippen LogP contribution in [0.1, 0.15) is 46.0 Å². The zero-order valence-corrected chi connectivity index (χ0v) is 15.3. The molecule has 1 saturated carbocycles. The van der Waals surface area contributed by atoms with E-state index in [0.717, 1.165) is 36.7 Å². The van der Waals surface area contributed by atoms with Crippen molar-refractivity contribution in [3.05, 3.63) is 26.9 Å². The van der Waals surface area contributed by atoms with Crippen molar-refractivity contribution < 1.29 is 4.79 Å². The molecular weight excluding hydrogens is 320 g/mol. The van der Waals surface area contributed by atoms with Gasteiger partial charge >= 0.3 is 5.69 Å². The van der Waals surface area contributed by atoms with Crippen LogP contribution in [0.4, 0.5) is 5.82 Å². The maximum Gasteiger partial charge on any atom is 0.329 e. The van der Waals surface area contributed by atoms with Crippen molar-refractivity contribution in [3.63, 3.8) is 0 Å². The summed E-state index contributed by atoms with van der Waals surface area (Å²) in [6.07, 6.45) is 4.86. The maximum absolute atomic E-state index is 12.8. The standard InChI is InChI=1S/C18H28N4O3/c1-12(2)10-18(6-4-7-18)16(24)19-13-5-8-22(11-13)14-9-15(23)21(3)17(25)20-14/h9,12-13H,4-8,10-11H2,1-3H3,(H,19,24)(H,20,25). The average Bonchev–Trinajstić information content (AvgIpc) is 2.96. The van der Waals surface area contributed by atoms with Crippen LogP contribution >= 0.6 is 0 Å². The lowest BCUT2D eigenvalue weighted by atomic mass is 9.64. The van der Waals surface area contributed by atoms with Crippen LogP contribution in [0, 0.1) is 11.3 Å². The molecule has 138 valence electrons. The van der Waals surface area contributed by atoms with Gasteiger partial charge in [-0.15, -0.1) is 0 Å². The van der Waals surface area contributed by atoms with E-state index in [1.807, 2.05) is 4.90 Å². The summed E-state index contributed by atoms with van der Waals surface area (Å²) in [6, 6.07) is 1.50. The van der Waals surface area contributed by atoms with Crippen LogP contribution in [0.5, 0.6) is 0 Å². The summed E-state index contributed by atoms with van der Waals surface area (Å²) in [5.74, 6) is 1.22. The van der Waals surface area contributed by atoms with E-state index in [0.29, 0.717) is 24.8 Å². The van der Waals surface area contributed by atoms with Crippen LogP contribution in [-0.4, -0.2) is 34.6 Å². The normalized spacial score (nSPS) is 22.1. The molecule has 0 spiro atoms. The van der Waals surface area contributed by atoms with Crippen LogP contribution < -0.4 is 21.5 Å². The Morgan fingerprint density at radius 2 is 2.12 bits per heavy atom. The fourth-order valence-corrected chi connectivity index (χ4v) is 4.06. The van der Waals surface area contributed by atoms with E-state index in [1.165, 1.54) is 13.1 Å². The molecule has 2 fully saturated rings. The molecule has 7 heteroatoms. The number of nitrogens with one attached hydrogen (secondary N) is 2. The van der Waals surface area contributed by atoms with E-state index in [9.17, 15) is 14.4 Å². The predicted molar refractivity (Wildman–Crippen MR) is 96.8 cm³/mol. The third kappa shape index (κ3) is 3.50. The summed E-state index contributed by atoms with van der Waals surface area (Å²) in [5, 5.41) is 3.21. The average molecular weight is 348 g/mol. The third-order valence-electron chi connectivity index (χ3n) is 5.59. The molecule has 1 aromatic rings. The highest BCUT2D eigenvalue weighted by molar-refractivity contribution is 5.84. The molecule has 1 aliphatic carbocycles. The van der Waals surface area contributed by atoms with Gasteiger partial charge in [-0.25, -0.2) is 4.79 Å². The Bertz CT molecular complexity index is 729. The van der Waals surface area contributed by atoms with Crippen LogP contribution in [0.3, 0.4) is 0 Å². The van der Waals surface area contributed by atoms with Crippen molar-refractivity contribution in [1.29, 1.82) is 0 Å². The molecule has 25 heavy (non-hydrogen) atoms. The number of anilines is 1. The summed E-state index contributed by atoms with van der Waals surface area (Å²) in [7, 11) is 1.45. The number of hydrogen-bond acceptors (Lipinski definition) is 4. The summed E-state index contributed by atoms with van der Waals surface area (Å²) in [6.45, 7) is 5.66. The molecule has 1 amide bonds. The van der Waals surface area contributed by atoms with Crippen molar-refractivity contribution in [1.82, 2.24) is 14.9 Å². The van der Waals surface area contributed by atoms with E-state index >= 15 is 0 Å². The Morgan fingerprint density at radius 1 is 1.40 bits per heavy atom. The summed E-state index contributed by atoms with van der Waals surface area (Å²) in [5.41, 5.74) is -0.921. The van der Waals surface area contributed by atoms with Gasteiger partial charge in [0.25, 0.3) is 5.56 Å². The highest BCUT2D eigenvalue weighted by Crippen LogP contribution is 2.46. The summed E-state index contributed by atoms with van der Waals surface area (Å²) < 4.78 is 1.05. The van der Waals surface area contributed by atoms with Gasteiger partial charge in [-0.05, 0) is 31.6 Å². The number of aromatic nitrogens is 2. The molecule has 2 aliphatic rings. The number of carbonyl (C=O) groups is 1. The van der Waals surface area contributed by atoms with Crippen molar-refractivity contribution in [2.24, 2.45) is 18.4 Å². The zero-order chi connectivity index (χ0) is 18.2. The minimum absolute atomic E-state index is 0.0599. The molecule has 7 nitrogen and oxygen atoms in total. The summed E-state index contributed by atoms with van der Waals surface area (Å²) in [4.78, 5) is 41.1. The Hall–Kier alpha value is -2.05. The fourth-order valence-electron chi connectivity index (χ4n) is 4.06. The molecule has 1 atom stereocenters. The summed E-state index contributed by atoms with van der Waals surface area (Å²) >= 11 is 0. The van der Waals surface area contributed by atoms with Crippen LogP contribution in [0.2, 0.25) is 0 Å². The van der Waals surface area contributed by atoms with E-state index in [1.54, 1.807) is 0 Å². The van der Waals surface area contributed by atoms with E-state index in [4.69, 9.17) is 0 Å². The van der Waals surface area contributed by atoms with Gasteiger partial charge < -0.3 is 10.2 Å². The molecule has 1 unspecified atom stereocenters. The number of aromatic amines is 1. The monoisotopic (exact) mass is 348 g/mol. The first-order chi connectivity index (χ1) is 11.8. The molecule has 1 aromatic heterocycles. The molecule has 2 heterocycles. The number of nitrogens with zero attached hydrogens (tertiary/aromatic N) is 2. The van der Waals surface area contributed by atoms with Gasteiger partial charge in [0, 0.05) is 37.7 Å². The fraction of sp³-hybridized carbons (Fsp3) is 0.722. The van der Waals surface area contributed by atoms with Gasteiger partial charge in [0.15, 0.2) is 0 Å². The number of H-pyrrole nitrogens is 1. The van der Waals surface area contributed by atoms with Crippen molar-refractivity contribution in [2.45, 2.75) is 52.0 Å². The second-order valence-corrected chi connectivity index (χ2v) is 7.99. The second-order valence-electron chi connectivity index (χ2n) is 7.99. The van der Waals surface area contributed by atoms with Gasteiger partial charge in [0.05, 0.1) is 0 Å². The number of hydrogen-bond donors (Lipinski definition) is 2. The van der Waals surface area contributed by atoms with Crippen molar-refractivity contribution in [3.8, 4) is 0 Å². The molecule has 0 radical (unpaired) electrons. The first kappa shape index (κ1) is 17.8. The lowest BCUT2D eigenvalue weighted by Gasteiger charge is -2.42. The molecule has 1 aliphatic heterocycles. The zero-order valence-electron chi connectivity index (χ0n) is 15.3. The highest BCUT2D eigenvalue weighted by Gasteiger charge is 2.45.